The fourth-order valence-corrected chi connectivity index (χ4v) is 4.52. The number of aromatic nitrogens is 3. The van der Waals surface area contributed by atoms with Crippen LogP contribution in [0.3, 0.4) is 0 Å². The van der Waals surface area contributed by atoms with Crippen LogP contribution >= 0.6 is 11.3 Å². The number of nitrogens with zero attached hydrogens (tertiary/aromatic N) is 4. The van der Waals surface area contributed by atoms with Crippen molar-refractivity contribution in [1.82, 2.24) is 25.3 Å². The smallest absolute Gasteiger partial charge is 0.147 e. The van der Waals surface area contributed by atoms with Gasteiger partial charge >= 0.3 is 0 Å². The largest absolute Gasteiger partial charge is 0.365 e. The number of piperazine rings is 1. The molecule has 3 aromatic heterocycles. The number of anilines is 1. The first-order valence-electron chi connectivity index (χ1n) is 8.98. The summed E-state index contributed by atoms with van der Waals surface area (Å²) in [4.78, 5) is 11.5. The van der Waals surface area contributed by atoms with E-state index < -0.39 is 0 Å². The van der Waals surface area contributed by atoms with E-state index in [1.165, 1.54) is 0 Å². The zero-order valence-electron chi connectivity index (χ0n) is 15.4. The molecule has 3 aromatic rings. The maximum Gasteiger partial charge on any atom is 0.147 e. The second-order valence-electron chi connectivity index (χ2n) is 6.84. The normalized spacial score (nSPS) is 16.9. The van der Waals surface area contributed by atoms with Gasteiger partial charge in [-0.25, -0.2) is 9.97 Å². The van der Waals surface area contributed by atoms with Crippen molar-refractivity contribution in [1.29, 1.82) is 0 Å². The van der Waals surface area contributed by atoms with Crippen molar-refractivity contribution in [2.75, 3.05) is 38.0 Å². The number of thiophene rings is 1. The Morgan fingerprint density at radius 1 is 1.31 bits per heavy atom. The van der Waals surface area contributed by atoms with Gasteiger partial charge in [0.1, 0.15) is 17.9 Å². The van der Waals surface area contributed by atoms with Crippen LogP contribution < -0.4 is 10.6 Å². The summed E-state index contributed by atoms with van der Waals surface area (Å²) in [5.41, 5.74) is 3.95. The van der Waals surface area contributed by atoms with Gasteiger partial charge in [0.05, 0.1) is 21.5 Å². The standard InChI is InChI=1S/C18H24N6OS/c1-11(8-24-6-4-19-5-7-24)22-18-17-16(20-10-21-18)14(9-26-17)15-12(2)23-25-13(15)3/h9-11,19H,4-8H2,1-3H3,(H,20,21,22)/t11-/m0/s1. The van der Waals surface area contributed by atoms with Gasteiger partial charge in [-0.05, 0) is 20.8 Å². The molecule has 8 heteroatoms. The number of aryl methyl sites for hydroxylation is 2. The van der Waals surface area contributed by atoms with Crippen LogP contribution in [0.5, 0.6) is 0 Å². The minimum atomic E-state index is 0.316. The first-order chi connectivity index (χ1) is 12.6. The molecule has 0 aliphatic carbocycles. The summed E-state index contributed by atoms with van der Waals surface area (Å²) in [7, 11) is 0. The molecular weight excluding hydrogens is 348 g/mol. The highest BCUT2D eigenvalue weighted by Crippen LogP contribution is 2.38. The van der Waals surface area contributed by atoms with Crippen LogP contribution in [0.4, 0.5) is 5.82 Å². The molecule has 0 radical (unpaired) electrons. The molecule has 7 nitrogen and oxygen atoms in total. The second-order valence-corrected chi connectivity index (χ2v) is 7.72. The van der Waals surface area contributed by atoms with E-state index in [9.17, 15) is 0 Å². The van der Waals surface area contributed by atoms with Crippen LogP contribution in [-0.4, -0.2) is 58.8 Å². The van der Waals surface area contributed by atoms with E-state index in [1.807, 2.05) is 13.8 Å². The molecule has 4 heterocycles. The lowest BCUT2D eigenvalue weighted by Crippen LogP contribution is -2.47. The van der Waals surface area contributed by atoms with Gasteiger partial charge in [-0.1, -0.05) is 5.16 Å². The SMILES string of the molecule is Cc1noc(C)c1-c1csc2c(N[C@@H](C)CN3CCNCC3)ncnc12. The average Bonchev–Trinajstić information content (AvgIpc) is 3.19. The van der Waals surface area contributed by atoms with Crippen LogP contribution in [0, 0.1) is 13.8 Å². The van der Waals surface area contributed by atoms with Gasteiger partial charge in [-0.15, -0.1) is 11.3 Å². The Morgan fingerprint density at radius 2 is 2.12 bits per heavy atom. The van der Waals surface area contributed by atoms with E-state index >= 15 is 0 Å². The monoisotopic (exact) mass is 372 g/mol. The van der Waals surface area contributed by atoms with E-state index in [1.54, 1.807) is 17.7 Å². The third-order valence-corrected chi connectivity index (χ3v) is 5.76. The number of fused-ring (bicyclic) bond motifs is 1. The van der Waals surface area contributed by atoms with E-state index in [0.29, 0.717) is 6.04 Å². The van der Waals surface area contributed by atoms with E-state index in [2.05, 4.69) is 43.0 Å². The third-order valence-electron chi connectivity index (χ3n) is 4.78. The van der Waals surface area contributed by atoms with Gasteiger partial charge in [-0.2, -0.15) is 0 Å². The van der Waals surface area contributed by atoms with E-state index in [0.717, 1.165) is 71.3 Å². The lowest BCUT2D eigenvalue weighted by molar-refractivity contribution is 0.235. The number of hydrogen-bond donors (Lipinski definition) is 2. The van der Waals surface area contributed by atoms with Gasteiger partial charge in [0.2, 0.25) is 0 Å². The van der Waals surface area contributed by atoms with Crippen molar-refractivity contribution in [3.8, 4) is 11.1 Å². The topological polar surface area (TPSA) is 79.1 Å². The Bertz CT molecular complexity index is 879. The minimum absolute atomic E-state index is 0.316. The molecule has 0 unspecified atom stereocenters. The van der Waals surface area contributed by atoms with Crippen LogP contribution in [-0.2, 0) is 0 Å². The maximum atomic E-state index is 5.33. The molecule has 0 amide bonds. The van der Waals surface area contributed by atoms with Crippen LogP contribution in [0.2, 0.25) is 0 Å². The highest BCUT2D eigenvalue weighted by atomic mass is 32.1. The Hall–Kier alpha value is -2.03. The van der Waals surface area contributed by atoms with E-state index in [4.69, 9.17) is 4.52 Å². The first-order valence-corrected chi connectivity index (χ1v) is 9.86. The molecule has 0 saturated carbocycles. The van der Waals surface area contributed by atoms with Gasteiger partial charge in [-0.3, -0.25) is 4.90 Å². The third kappa shape index (κ3) is 3.32. The van der Waals surface area contributed by atoms with Crippen molar-refractivity contribution in [3.05, 3.63) is 23.2 Å². The molecule has 1 saturated heterocycles. The van der Waals surface area contributed by atoms with Crippen molar-refractivity contribution in [2.24, 2.45) is 0 Å². The Morgan fingerprint density at radius 3 is 2.85 bits per heavy atom. The van der Waals surface area contributed by atoms with E-state index in [-0.39, 0.29) is 0 Å². The highest BCUT2D eigenvalue weighted by molar-refractivity contribution is 7.18. The van der Waals surface area contributed by atoms with Crippen molar-refractivity contribution in [2.45, 2.75) is 26.8 Å². The van der Waals surface area contributed by atoms with Gasteiger partial charge in [0, 0.05) is 49.7 Å². The molecule has 1 aliphatic heterocycles. The maximum absolute atomic E-state index is 5.33. The Balaban J connectivity index is 1.59. The first kappa shape index (κ1) is 17.4. The summed E-state index contributed by atoms with van der Waals surface area (Å²) >= 11 is 1.66. The summed E-state index contributed by atoms with van der Waals surface area (Å²) < 4.78 is 6.41. The highest BCUT2D eigenvalue weighted by Gasteiger charge is 2.20. The van der Waals surface area contributed by atoms with Gasteiger partial charge < -0.3 is 15.2 Å². The Kier molecular flexibility index (Phi) is 4.88. The molecule has 2 N–H and O–H groups in total. The van der Waals surface area contributed by atoms with Crippen LogP contribution in [0.15, 0.2) is 16.2 Å². The molecule has 26 heavy (non-hydrogen) atoms. The van der Waals surface area contributed by atoms with Crippen molar-refractivity contribution >= 4 is 27.4 Å². The fraction of sp³-hybridized carbons (Fsp3) is 0.500. The zero-order chi connectivity index (χ0) is 18.1. The van der Waals surface area contributed by atoms with Crippen LogP contribution in [0.25, 0.3) is 21.3 Å². The molecule has 1 fully saturated rings. The molecular formula is C18H24N6OS. The summed E-state index contributed by atoms with van der Waals surface area (Å²) in [5.74, 6) is 1.73. The quantitative estimate of drug-likeness (QED) is 0.713. The van der Waals surface area contributed by atoms with Gasteiger partial charge in [0.25, 0.3) is 0 Å². The second kappa shape index (κ2) is 7.30. The summed E-state index contributed by atoms with van der Waals surface area (Å²) in [5, 5.41) is 13.2. The molecule has 0 spiro atoms. The molecule has 4 rings (SSSR count). The molecule has 1 aliphatic rings. The van der Waals surface area contributed by atoms with Crippen molar-refractivity contribution < 1.29 is 4.52 Å². The number of rotatable bonds is 5. The fourth-order valence-electron chi connectivity index (χ4n) is 3.56. The van der Waals surface area contributed by atoms with Crippen LogP contribution in [0.1, 0.15) is 18.4 Å². The molecule has 138 valence electrons. The minimum Gasteiger partial charge on any atom is -0.365 e. The number of hydrogen-bond acceptors (Lipinski definition) is 8. The summed E-state index contributed by atoms with van der Waals surface area (Å²) in [6, 6.07) is 0.316. The summed E-state index contributed by atoms with van der Waals surface area (Å²) in [6.45, 7) is 11.4. The predicted octanol–water partition coefficient (Wildman–Crippen LogP) is 2.67. The average molecular weight is 372 g/mol. The molecule has 1 atom stereocenters. The number of nitrogens with one attached hydrogen (secondary N) is 2. The Labute approximate surface area is 156 Å². The predicted molar refractivity (Wildman–Crippen MR) is 105 cm³/mol. The lowest BCUT2D eigenvalue weighted by Gasteiger charge is -2.30. The molecule has 0 bridgehead atoms. The van der Waals surface area contributed by atoms with Crippen molar-refractivity contribution in [3.63, 3.8) is 0 Å². The van der Waals surface area contributed by atoms with Gasteiger partial charge in [0.15, 0.2) is 0 Å². The lowest BCUT2D eigenvalue weighted by atomic mass is 10.1. The molecule has 0 aromatic carbocycles. The zero-order valence-corrected chi connectivity index (χ0v) is 16.2. The summed E-state index contributed by atoms with van der Waals surface area (Å²) in [6.07, 6.45) is 1.64.